The molecule has 0 radical (unpaired) electrons. The summed E-state index contributed by atoms with van der Waals surface area (Å²) in [4.78, 5) is 27.8. The van der Waals surface area contributed by atoms with Gasteiger partial charge in [0.1, 0.15) is 5.75 Å². The zero-order valence-corrected chi connectivity index (χ0v) is 15.8. The maximum absolute atomic E-state index is 15.5. The van der Waals surface area contributed by atoms with Crippen LogP contribution in [0, 0.1) is 5.92 Å². The molecular weight excluding hydrogens is 370 g/mol. The van der Waals surface area contributed by atoms with Crippen molar-refractivity contribution in [3.8, 4) is 5.75 Å². The lowest BCUT2D eigenvalue weighted by Gasteiger charge is -2.28. The lowest BCUT2D eigenvalue weighted by molar-refractivity contribution is -0.142. The molecule has 2 amide bonds. The highest BCUT2D eigenvalue weighted by molar-refractivity contribution is 5.92. The number of carbonyl (C=O) groups is 2. The number of carbonyl (C=O) groups excluding carboxylic acids is 2. The molecule has 3 saturated heterocycles. The third-order valence-corrected chi connectivity index (χ3v) is 6.02. The molecule has 0 aliphatic carbocycles. The summed E-state index contributed by atoms with van der Waals surface area (Å²) < 4.78 is 41.5. The van der Waals surface area contributed by atoms with E-state index < -0.39 is 23.8 Å². The Hall–Kier alpha value is -2.22. The quantitative estimate of drug-likeness (QED) is 0.780. The summed E-state index contributed by atoms with van der Waals surface area (Å²) >= 11 is 0. The minimum Gasteiger partial charge on any atom is -0.497 e. The highest BCUT2D eigenvalue weighted by Crippen LogP contribution is 2.46. The third-order valence-electron chi connectivity index (χ3n) is 6.02. The monoisotopic (exact) mass is 394 g/mol. The van der Waals surface area contributed by atoms with Gasteiger partial charge in [0.05, 0.1) is 26.7 Å². The van der Waals surface area contributed by atoms with Crippen molar-refractivity contribution >= 4 is 11.8 Å². The van der Waals surface area contributed by atoms with Gasteiger partial charge in [-0.25, -0.2) is 8.78 Å². The Morgan fingerprint density at radius 3 is 2.68 bits per heavy atom. The average molecular weight is 394 g/mol. The van der Waals surface area contributed by atoms with Crippen LogP contribution in [0.5, 0.6) is 5.75 Å². The van der Waals surface area contributed by atoms with E-state index in [2.05, 4.69) is 0 Å². The fraction of sp³-hybridized carbons (Fsp3) is 0.600. The van der Waals surface area contributed by atoms with Crippen LogP contribution in [0.1, 0.15) is 18.4 Å². The largest absolute Gasteiger partial charge is 0.497 e. The summed E-state index contributed by atoms with van der Waals surface area (Å²) in [7, 11) is 1.53. The van der Waals surface area contributed by atoms with Crippen molar-refractivity contribution in [2.45, 2.75) is 30.7 Å². The number of hydrogen-bond donors (Lipinski definition) is 0. The molecule has 0 saturated carbocycles. The van der Waals surface area contributed by atoms with Gasteiger partial charge in [-0.1, -0.05) is 12.1 Å². The maximum atomic E-state index is 15.5. The van der Waals surface area contributed by atoms with Crippen LogP contribution in [-0.2, 0) is 20.9 Å². The number of halogens is 2. The molecule has 28 heavy (non-hydrogen) atoms. The molecule has 8 heteroatoms. The highest BCUT2D eigenvalue weighted by atomic mass is 19.2. The fourth-order valence-electron chi connectivity index (χ4n) is 4.43. The Morgan fingerprint density at radius 2 is 2.00 bits per heavy atom. The third kappa shape index (κ3) is 3.03. The van der Waals surface area contributed by atoms with E-state index in [9.17, 15) is 9.59 Å². The average Bonchev–Trinajstić information content (AvgIpc) is 3.07. The molecule has 0 unspecified atom stereocenters. The van der Waals surface area contributed by atoms with E-state index in [0.717, 1.165) is 5.56 Å². The number of likely N-dealkylation sites (tertiary alicyclic amines) is 2. The van der Waals surface area contributed by atoms with Crippen molar-refractivity contribution in [1.29, 1.82) is 0 Å². The molecule has 0 spiro atoms. The molecule has 1 aromatic rings. The Morgan fingerprint density at radius 1 is 1.25 bits per heavy atom. The molecule has 2 atom stereocenters. The van der Waals surface area contributed by atoms with E-state index in [1.165, 1.54) is 16.9 Å². The Kier molecular flexibility index (Phi) is 4.77. The van der Waals surface area contributed by atoms with Gasteiger partial charge in [0.25, 0.3) is 5.91 Å². The fourth-order valence-corrected chi connectivity index (χ4v) is 4.43. The van der Waals surface area contributed by atoms with E-state index in [1.54, 1.807) is 24.3 Å². The second kappa shape index (κ2) is 6.99. The smallest absolute Gasteiger partial charge is 0.266 e. The van der Waals surface area contributed by atoms with Gasteiger partial charge in [0, 0.05) is 25.7 Å². The predicted octanol–water partition coefficient (Wildman–Crippen LogP) is 1.72. The number of benzene rings is 1. The van der Waals surface area contributed by atoms with E-state index in [0.29, 0.717) is 31.8 Å². The van der Waals surface area contributed by atoms with Crippen molar-refractivity contribution in [2.75, 3.05) is 40.0 Å². The van der Waals surface area contributed by atoms with Gasteiger partial charge in [0.2, 0.25) is 11.6 Å². The van der Waals surface area contributed by atoms with Crippen molar-refractivity contribution in [3.05, 3.63) is 29.8 Å². The summed E-state index contributed by atoms with van der Waals surface area (Å²) in [5.41, 5.74) is -4.34. The minimum absolute atomic E-state index is 0.0985. The summed E-state index contributed by atoms with van der Waals surface area (Å²) in [5.74, 6) is -0.843. The number of alkyl halides is 2. The molecule has 152 valence electrons. The topological polar surface area (TPSA) is 59.1 Å². The van der Waals surface area contributed by atoms with Crippen LogP contribution in [0.3, 0.4) is 0 Å². The van der Waals surface area contributed by atoms with Crippen LogP contribution in [0.15, 0.2) is 24.3 Å². The lowest BCUT2D eigenvalue weighted by Crippen LogP contribution is -2.47. The zero-order chi connectivity index (χ0) is 19.9. The van der Waals surface area contributed by atoms with Gasteiger partial charge < -0.3 is 19.3 Å². The molecular formula is C20H24F2N2O4. The number of hydrogen-bond acceptors (Lipinski definition) is 4. The molecule has 3 aliphatic heterocycles. The van der Waals surface area contributed by atoms with E-state index in [-0.39, 0.29) is 31.5 Å². The minimum atomic E-state index is -2.69. The second-order valence-electron chi connectivity index (χ2n) is 7.86. The Balaban J connectivity index is 1.48. The lowest BCUT2D eigenvalue weighted by atomic mass is 9.93. The molecule has 3 aliphatic rings. The van der Waals surface area contributed by atoms with Gasteiger partial charge >= 0.3 is 0 Å². The molecule has 0 N–H and O–H groups in total. The SMILES string of the molecule is COc1cccc(CN2C[C@@]3(F)CN(C(=O)C4CCOCC4)C[C@@]3(F)C2=O)c1. The molecule has 1 aromatic carbocycles. The summed E-state index contributed by atoms with van der Waals surface area (Å²) in [6.07, 6.45) is 1.09. The van der Waals surface area contributed by atoms with Gasteiger partial charge in [-0.15, -0.1) is 0 Å². The number of amides is 2. The van der Waals surface area contributed by atoms with Gasteiger partial charge in [0.15, 0.2) is 5.67 Å². The molecule has 3 heterocycles. The Bertz CT molecular complexity index is 785. The molecule has 6 nitrogen and oxygen atoms in total. The summed E-state index contributed by atoms with van der Waals surface area (Å²) in [5, 5.41) is 0. The van der Waals surface area contributed by atoms with Crippen LogP contribution in [0.2, 0.25) is 0 Å². The van der Waals surface area contributed by atoms with Gasteiger partial charge in [-0.05, 0) is 30.5 Å². The molecule has 4 rings (SSSR count). The van der Waals surface area contributed by atoms with Crippen LogP contribution in [0.25, 0.3) is 0 Å². The molecule has 0 bridgehead atoms. The number of ether oxygens (including phenoxy) is 2. The van der Waals surface area contributed by atoms with Crippen LogP contribution < -0.4 is 4.74 Å². The van der Waals surface area contributed by atoms with E-state index >= 15 is 8.78 Å². The summed E-state index contributed by atoms with van der Waals surface area (Å²) in [6.45, 7) is -0.233. The van der Waals surface area contributed by atoms with Gasteiger partial charge in [-0.2, -0.15) is 0 Å². The predicted molar refractivity (Wildman–Crippen MR) is 96.2 cm³/mol. The number of rotatable bonds is 4. The molecule has 3 fully saturated rings. The second-order valence-corrected chi connectivity index (χ2v) is 7.86. The Labute approximate surface area is 162 Å². The van der Waals surface area contributed by atoms with Crippen LogP contribution >= 0.6 is 0 Å². The number of methoxy groups -OCH3 is 1. The first-order chi connectivity index (χ1) is 13.4. The first-order valence-electron chi connectivity index (χ1n) is 9.53. The first kappa shape index (κ1) is 19.1. The maximum Gasteiger partial charge on any atom is 0.266 e. The number of fused-ring (bicyclic) bond motifs is 1. The van der Waals surface area contributed by atoms with E-state index in [1.807, 2.05) is 0 Å². The highest BCUT2D eigenvalue weighted by Gasteiger charge is 2.71. The molecule has 0 aromatic heterocycles. The normalized spacial score (nSPS) is 30.6. The van der Waals surface area contributed by atoms with Crippen molar-refractivity contribution < 1.29 is 27.8 Å². The number of nitrogens with zero attached hydrogens (tertiary/aromatic N) is 2. The van der Waals surface area contributed by atoms with Crippen molar-refractivity contribution in [3.63, 3.8) is 0 Å². The van der Waals surface area contributed by atoms with E-state index in [4.69, 9.17) is 9.47 Å². The van der Waals surface area contributed by atoms with Crippen molar-refractivity contribution in [2.24, 2.45) is 5.92 Å². The van der Waals surface area contributed by atoms with Crippen LogP contribution in [0.4, 0.5) is 8.78 Å². The zero-order valence-electron chi connectivity index (χ0n) is 15.8. The summed E-state index contributed by atoms with van der Waals surface area (Å²) in [6, 6.07) is 7.04. The van der Waals surface area contributed by atoms with Gasteiger partial charge in [-0.3, -0.25) is 9.59 Å². The standard InChI is InChI=1S/C20H24F2N2O4/c1-27-16-4-2-3-14(9-16)10-23-11-19(21)12-24(13-20(19,22)18(23)26)17(25)15-5-7-28-8-6-15/h2-4,9,15H,5-8,10-13H2,1H3/t19-,20-/m1/s1. The van der Waals surface area contributed by atoms with Crippen LogP contribution in [-0.4, -0.2) is 72.9 Å². The van der Waals surface area contributed by atoms with Crippen molar-refractivity contribution in [1.82, 2.24) is 9.80 Å². The first-order valence-corrected chi connectivity index (χ1v) is 9.53.